The minimum atomic E-state index is -3.70. The summed E-state index contributed by atoms with van der Waals surface area (Å²) in [7, 11) is -3.70. The zero-order valence-electron chi connectivity index (χ0n) is 22.5. The zero-order valence-corrected chi connectivity index (χ0v) is 23.3. The maximum Gasteiger partial charge on any atom is 0.215 e. The maximum absolute atomic E-state index is 14.5. The molecule has 5 rings (SSSR count). The molecular weight excluding hydrogens is 510 g/mol. The summed E-state index contributed by atoms with van der Waals surface area (Å²) in [5.41, 5.74) is -1.18. The van der Waals surface area contributed by atoms with E-state index in [0.29, 0.717) is 12.8 Å². The van der Waals surface area contributed by atoms with Crippen molar-refractivity contribution in [1.29, 1.82) is 0 Å². The molecule has 9 nitrogen and oxygen atoms in total. The molecule has 10 heteroatoms. The number of aromatic hydroxyl groups is 5. The van der Waals surface area contributed by atoms with E-state index in [1.807, 2.05) is 4.31 Å². The van der Waals surface area contributed by atoms with Crippen molar-refractivity contribution in [2.24, 2.45) is 16.7 Å². The van der Waals surface area contributed by atoms with E-state index in [-0.39, 0.29) is 29.2 Å². The smallest absolute Gasteiger partial charge is 0.215 e. The van der Waals surface area contributed by atoms with Crippen molar-refractivity contribution in [3.8, 4) is 34.5 Å². The molecule has 1 aromatic rings. The molecule has 0 heterocycles. The summed E-state index contributed by atoms with van der Waals surface area (Å²) >= 11 is 0. The normalized spacial score (nSPS) is 30.2. The van der Waals surface area contributed by atoms with E-state index >= 15 is 0 Å². The van der Waals surface area contributed by atoms with Gasteiger partial charge >= 0.3 is 0 Å². The molecule has 0 spiro atoms. The van der Waals surface area contributed by atoms with Gasteiger partial charge in [0.1, 0.15) is 6.10 Å². The Balaban J connectivity index is 1.51. The lowest BCUT2D eigenvalue weighted by atomic mass is 9.69. The lowest BCUT2D eigenvalue weighted by Crippen LogP contribution is -2.55. The van der Waals surface area contributed by atoms with Crippen LogP contribution in [-0.4, -0.2) is 62.2 Å². The maximum atomic E-state index is 14.5. The predicted molar refractivity (Wildman–Crippen MR) is 142 cm³/mol. The highest BCUT2D eigenvalue weighted by Gasteiger charge is 2.67. The number of phenols is 5. The highest BCUT2D eigenvalue weighted by atomic mass is 32.2. The minimum Gasteiger partial charge on any atom is -0.502 e. The van der Waals surface area contributed by atoms with E-state index in [2.05, 4.69) is 13.8 Å². The molecule has 0 aliphatic heterocycles. The fourth-order valence-electron chi connectivity index (χ4n) is 8.25. The summed E-state index contributed by atoms with van der Waals surface area (Å²) in [5.74, 6) is -5.26. The Morgan fingerprint density at radius 1 is 0.763 bits per heavy atom. The van der Waals surface area contributed by atoms with E-state index < -0.39 is 56.0 Å². The van der Waals surface area contributed by atoms with Gasteiger partial charge < -0.3 is 30.3 Å². The molecule has 4 aliphatic rings. The lowest BCUT2D eigenvalue weighted by molar-refractivity contribution is 0.0271. The van der Waals surface area contributed by atoms with Gasteiger partial charge in [-0.3, -0.25) is 0 Å². The van der Waals surface area contributed by atoms with Crippen molar-refractivity contribution in [2.45, 2.75) is 116 Å². The fourth-order valence-corrected chi connectivity index (χ4v) is 11.1. The first kappa shape index (κ1) is 27.5. The van der Waals surface area contributed by atoms with Crippen LogP contribution in [0.2, 0.25) is 0 Å². The van der Waals surface area contributed by atoms with Gasteiger partial charge in [-0.1, -0.05) is 52.4 Å². The van der Waals surface area contributed by atoms with Crippen molar-refractivity contribution >= 4 is 10.0 Å². The molecule has 214 valence electrons. The summed E-state index contributed by atoms with van der Waals surface area (Å²) in [6.07, 6.45) is 11.3. The Morgan fingerprint density at radius 3 is 1.71 bits per heavy atom. The number of benzene rings is 1. The van der Waals surface area contributed by atoms with Crippen LogP contribution in [0.3, 0.4) is 0 Å². The summed E-state index contributed by atoms with van der Waals surface area (Å²) < 4.78 is 37.0. The first-order valence-corrected chi connectivity index (χ1v) is 15.9. The highest BCUT2D eigenvalue weighted by Crippen LogP contribution is 2.68. The summed E-state index contributed by atoms with van der Waals surface area (Å²) in [5, 5.41) is 50.8. The van der Waals surface area contributed by atoms with Crippen LogP contribution in [0.5, 0.6) is 34.5 Å². The second-order valence-corrected chi connectivity index (χ2v) is 14.6. The first-order valence-electron chi connectivity index (χ1n) is 14.3. The molecule has 4 fully saturated rings. The van der Waals surface area contributed by atoms with Crippen LogP contribution in [0.25, 0.3) is 0 Å². The largest absolute Gasteiger partial charge is 0.502 e. The van der Waals surface area contributed by atoms with Gasteiger partial charge in [-0.15, -0.1) is 0 Å². The van der Waals surface area contributed by atoms with Crippen molar-refractivity contribution < 1.29 is 38.7 Å². The number of rotatable bonds is 7. The van der Waals surface area contributed by atoms with Crippen LogP contribution in [0.1, 0.15) is 97.3 Å². The Bertz CT molecular complexity index is 1110. The number of fused-ring (bicyclic) bond motifs is 2. The molecule has 4 saturated carbocycles. The molecule has 38 heavy (non-hydrogen) atoms. The standard InChI is InChI=1S/C28H43NO8S/c1-27(2)17-13-14-28(27,20(15-17)37-26-24(33)22(31)21(30)23(32)25(26)34)16-38(35,36)29(18-9-5-3-6-10-18)19-11-7-4-8-12-19/h17-20,30-34H,3-16H2,1-2H3/t17-,20?,28?/m1/s1. The SMILES string of the molecule is CC1(C)[C@@H]2CCC1(CS(=O)(=O)N(C1CCCCC1)C1CCCCC1)C(Oc1c(O)c(O)c(O)c(O)c1O)C2. The molecule has 2 bridgehead atoms. The molecule has 0 saturated heterocycles. The molecule has 4 aliphatic carbocycles. The Hall–Kier alpha value is -2.07. The van der Waals surface area contributed by atoms with Gasteiger partial charge in [0, 0.05) is 17.5 Å². The highest BCUT2D eigenvalue weighted by molar-refractivity contribution is 7.89. The first-order chi connectivity index (χ1) is 17.9. The molecule has 1 aromatic carbocycles. The second-order valence-electron chi connectivity index (χ2n) is 12.7. The Kier molecular flexibility index (Phi) is 7.12. The topological polar surface area (TPSA) is 148 Å². The van der Waals surface area contributed by atoms with Gasteiger partial charge in [-0.2, -0.15) is 4.31 Å². The van der Waals surface area contributed by atoms with Crippen molar-refractivity contribution in [3.63, 3.8) is 0 Å². The molecule has 2 unspecified atom stereocenters. The number of hydrogen-bond acceptors (Lipinski definition) is 8. The Labute approximate surface area is 225 Å². The number of ether oxygens (including phenoxy) is 1. The van der Waals surface area contributed by atoms with Gasteiger partial charge in [0.25, 0.3) is 0 Å². The van der Waals surface area contributed by atoms with Crippen LogP contribution in [0.15, 0.2) is 0 Å². The van der Waals surface area contributed by atoms with Crippen LogP contribution in [0.4, 0.5) is 0 Å². The Morgan fingerprint density at radius 2 is 1.24 bits per heavy atom. The van der Waals surface area contributed by atoms with Gasteiger partial charge in [0.2, 0.25) is 44.5 Å². The van der Waals surface area contributed by atoms with E-state index in [0.717, 1.165) is 70.6 Å². The molecule has 0 amide bonds. The zero-order chi connectivity index (χ0) is 27.5. The second kappa shape index (κ2) is 9.84. The number of phenolic OH excluding ortho intramolecular Hbond substituents is 5. The predicted octanol–water partition coefficient (Wildman–Crippen LogP) is 5.09. The van der Waals surface area contributed by atoms with Crippen molar-refractivity contribution in [3.05, 3.63) is 0 Å². The van der Waals surface area contributed by atoms with Gasteiger partial charge in [-0.05, 0) is 56.3 Å². The summed E-state index contributed by atoms with van der Waals surface area (Å²) in [4.78, 5) is 0. The van der Waals surface area contributed by atoms with Gasteiger partial charge in [-0.25, -0.2) is 8.42 Å². The lowest BCUT2D eigenvalue weighted by Gasteiger charge is -2.46. The number of sulfonamides is 1. The van der Waals surface area contributed by atoms with Crippen LogP contribution >= 0.6 is 0 Å². The molecule has 3 atom stereocenters. The van der Waals surface area contributed by atoms with Crippen LogP contribution in [0, 0.1) is 16.7 Å². The molecule has 0 radical (unpaired) electrons. The minimum absolute atomic E-state index is 0.0217. The van der Waals surface area contributed by atoms with Crippen LogP contribution < -0.4 is 4.74 Å². The van der Waals surface area contributed by atoms with Crippen LogP contribution in [-0.2, 0) is 10.0 Å². The van der Waals surface area contributed by atoms with E-state index in [1.165, 1.54) is 0 Å². The third-order valence-electron chi connectivity index (χ3n) is 10.6. The van der Waals surface area contributed by atoms with Gasteiger partial charge in [0.15, 0.2) is 0 Å². The average Bonchev–Trinajstić information content (AvgIpc) is 3.25. The molecular formula is C28H43NO8S. The van der Waals surface area contributed by atoms with E-state index in [4.69, 9.17) is 4.74 Å². The molecule has 5 N–H and O–H groups in total. The summed E-state index contributed by atoms with van der Waals surface area (Å²) in [6.45, 7) is 4.17. The van der Waals surface area contributed by atoms with E-state index in [9.17, 15) is 34.0 Å². The monoisotopic (exact) mass is 553 g/mol. The third kappa shape index (κ3) is 4.26. The number of nitrogens with zero attached hydrogens (tertiary/aromatic N) is 1. The fraction of sp³-hybridized carbons (Fsp3) is 0.786. The summed E-state index contributed by atoms with van der Waals surface area (Å²) in [6, 6.07) is 0.0434. The van der Waals surface area contributed by atoms with E-state index in [1.54, 1.807) is 0 Å². The quantitative estimate of drug-likeness (QED) is 0.232. The van der Waals surface area contributed by atoms with Crippen molar-refractivity contribution in [1.82, 2.24) is 4.31 Å². The average molecular weight is 554 g/mol. The third-order valence-corrected chi connectivity index (χ3v) is 12.7. The molecule has 0 aromatic heterocycles. The number of hydrogen-bond donors (Lipinski definition) is 5. The van der Waals surface area contributed by atoms with Gasteiger partial charge in [0.05, 0.1) is 5.75 Å². The van der Waals surface area contributed by atoms with Crippen molar-refractivity contribution in [2.75, 3.05) is 5.75 Å².